The fraction of sp³-hybridized carbons (Fsp3) is 0.111. The SMILES string of the molecule is CCc1cccc([N+](=O)[O-])c1OSc1cccc2ccccc12. The molecular formula is C18H15NO3S. The lowest BCUT2D eigenvalue weighted by Gasteiger charge is -2.10. The van der Waals surface area contributed by atoms with Crippen molar-refractivity contribution < 1.29 is 9.11 Å². The molecule has 0 amide bonds. The van der Waals surface area contributed by atoms with Crippen molar-refractivity contribution in [1.29, 1.82) is 0 Å². The van der Waals surface area contributed by atoms with Crippen LogP contribution in [0.4, 0.5) is 5.69 Å². The van der Waals surface area contributed by atoms with E-state index in [1.807, 2.05) is 55.5 Å². The summed E-state index contributed by atoms with van der Waals surface area (Å²) in [5, 5.41) is 13.4. The summed E-state index contributed by atoms with van der Waals surface area (Å²) >= 11 is 1.16. The first-order valence-corrected chi connectivity index (χ1v) is 8.03. The molecule has 0 bridgehead atoms. The van der Waals surface area contributed by atoms with Crippen LogP contribution in [0.2, 0.25) is 0 Å². The molecule has 0 aliphatic heterocycles. The second kappa shape index (κ2) is 6.71. The van der Waals surface area contributed by atoms with Gasteiger partial charge in [-0.15, -0.1) is 0 Å². The molecule has 0 saturated carbocycles. The topological polar surface area (TPSA) is 52.4 Å². The van der Waals surface area contributed by atoms with Gasteiger partial charge in [0.05, 0.1) is 21.9 Å². The summed E-state index contributed by atoms with van der Waals surface area (Å²) < 4.78 is 5.79. The average Bonchev–Trinajstić information content (AvgIpc) is 2.59. The highest BCUT2D eigenvalue weighted by Gasteiger charge is 2.19. The molecule has 0 aromatic heterocycles. The Morgan fingerprint density at radius 1 is 1.04 bits per heavy atom. The van der Waals surface area contributed by atoms with Gasteiger partial charge in [-0.2, -0.15) is 0 Å². The van der Waals surface area contributed by atoms with E-state index in [9.17, 15) is 10.1 Å². The van der Waals surface area contributed by atoms with Gasteiger partial charge in [0.2, 0.25) is 5.75 Å². The van der Waals surface area contributed by atoms with Crippen LogP contribution in [0.15, 0.2) is 65.6 Å². The van der Waals surface area contributed by atoms with Gasteiger partial charge in [0, 0.05) is 11.6 Å². The van der Waals surface area contributed by atoms with E-state index in [2.05, 4.69) is 0 Å². The second-order valence-electron chi connectivity index (χ2n) is 5.02. The van der Waals surface area contributed by atoms with Crippen LogP contribution >= 0.6 is 12.0 Å². The zero-order chi connectivity index (χ0) is 16.2. The number of nitro groups is 1. The Hall–Kier alpha value is -2.53. The molecule has 3 aromatic carbocycles. The van der Waals surface area contributed by atoms with Crippen molar-refractivity contribution in [1.82, 2.24) is 0 Å². The number of nitro benzene ring substituents is 1. The first-order chi connectivity index (χ1) is 11.2. The Bertz CT molecular complexity index is 859. The van der Waals surface area contributed by atoms with Gasteiger partial charge < -0.3 is 4.18 Å². The Balaban J connectivity index is 1.95. The van der Waals surface area contributed by atoms with Gasteiger partial charge in [-0.1, -0.05) is 55.5 Å². The highest BCUT2D eigenvalue weighted by atomic mass is 32.2. The first kappa shape index (κ1) is 15.4. The molecule has 0 aliphatic carbocycles. The third-order valence-corrected chi connectivity index (χ3v) is 4.40. The van der Waals surface area contributed by atoms with Gasteiger partial charge in [0.25, 0.3) is 0 Å². The van der Waals surface area contributed by atoms with Crippen LogP contribution in [-0.2, 0) is 6.42 Å². The van der Waals surface area contributed by atoms with E-state index in [1.165, 1.54) is 6.07 Å². The number of para-hydroxylation sites is 1. The lowest BCUT2D eigenvalue weighted by atomic mass is 10.1. The second-order valence-corrected chi connectivity index (χ2v) is 5.79. The molecule has 0 spiro atoms. The summed E-state index contributed by atoms with van der Waals surface area (Å²) in [6.45, 7) is 1.95. The van der Waals surface area contributed by atoms with Crippen molar-refractivity contribution in [2.24, 2.45) is 0 Å². The summed E-state index contributed by atoms with van der Waals surface area (Å²) in [6, 6.07) is 18.9. The lowest BCUT2D eigenvalue weighted by molar-refractivity contribution is -0.385. The highest BCUT2D eigenvalue weighted by molar-refractivity contribution is 7.95. The molecule has 4 nitrogen and oxygen atoms in total. The summed E-state index contributed by atoms with van der Waals surface area (Å²) in [7, 11) is 0. The molecule has 0 radical (unpaired) electrons. The monoisotopic (exact) mass is 325 g/mol. The molecule has 5 heteroatoms. The van der Waals surface area contributed by atoms with E-state index < -0.39 is 4.92 Å². The molecule has 3 rings (SSSR count). The van der Waals surface area contributed by atoms with E-state index >= 15 is 0 Å². The van der Waals surface area contributed by atoms with Crippen molar-refractivity contribution in [2.75, 3.05) is 0 Å². The number of nitrogens with zero attached hydrogens (tertiary/aromatic N) is 1. The molecule has 3 aromatic rings. The third-order valence-electron chi connectivity index (χ3n) is 3.62. The zero-order valence-corrected chi connectivity index (χ0v) is 13.4. The van der Waals surface area contributed by atoms with Crippen molar-refractivity contribution in [2.45, 2.75) is 18.2 Å². The third kappa shape index (κ3) is 3.14. The van der Waals surface area contributed by atoms with Gasteiger partial charge in [-0.3, -0.25) is 10.1 Å². The molecule has 116 valence electrons. The van der Waals surface area contributed by atoms with Crippen molar-refractivity contribution in [3.05, 3.63) is 76.3 Å². The number of rotatable bonds is 5. The Kier molecular flexibility index (Phi) is 4.48. The van der Waals surface area contributed by atoms with Crippen LogP contribution in [-0.4, -0.2) is 4.92 Å². The predicted molar refractivity (Wildman–Crippen MR) is 92.9 cm³/mol. The quantitative estimate of drug-likeness (QED) is 0.358. The van der Waals surface area contributed by atoms with Crippen molar-refractivity contribution >= 4 is 28.5 Å². The highest BCUT2D eigenvalue weighted by Crippen LogP contribution is 2.37. The van der Waals surface area contributed by atoms with Crippen LogP contribution in [0, 0.1) is 10.1 Å². The fourth-order valence-electron chi connectivity index (χ4n) is 2.44. The smallest absolute Gasteiger partial charge is 0.312 e. The fourth-order valence-corrected chi connectivity index (χ4v) is 3.22. The Morgan fingerprint density at radius 3 is 2.57 bits per heavy atom. The molecule has 0 unspecified atom stereocenters. The van der Waals surface area contributed by atoms with E-state index in [0.29, 0.717) is 12.2 Å². The van der Waals surface area contributed by atoms with Crippen LogP contribution in [0.25, 0.3) is 10.8 Å². The van der Waals surface area contributed by atoms with Crippen molar-refractivity contribution in [3.63, 3.8) is 0 Å². The average molecular weight is 325 g/mol. The molecule has 0 saturated heterocycles. The van der Waals surface area contributed by atoms with Gasteiger partial charge in [0.15, 0.2) is 0 Å². The number of benzene rings is 3. The van der Waals surface area contributed by atoms with Crippen LogP contribution in [0.1, 0.15) is 12.5 Å². The van der Waals surface area contributed by atoms with Gasteiger partial charge in [0.1, 0.15) is 0 Å². The zero-order valence-electron chi connectivity index (χ0n) is 12.6. The van der Waals surface area contributed by atoms with Crippen LogP contribution in [0.3, 0.4) is 0 Å². The Labute approximate surface area is 138 Å². The minimum atomic E-state index is -0.405. The number of hydrogen-bond acceptors (Lipinski definition) is 4. The maximum absolute atomic E-state index is 11.2. The summed E-state index contributed by atoms with van der Waals surface area (Å²) in [5.74, 6) is 0.331. The first-order valence-electron chi connectivity index (χ1n) is 7.29. The standard InChI is InChI=1S/C18H15NO3S/c1-2-13-8-5-11-16(19(20)21)18(13)22-23-17-12-6-9-14-7-3-4-10-15(14)17/h3-12H,2H2,1H3. The minimum absolute atomic E-state index is 0.00270. The maximum Gasteiger partial charge on any atom is 0.312 e. The van der Waals surface area contributed by atoms with E-state index in [-0.39, 0.29) is 5.69 Å². The molecule has 0 aliphatic rings. The van der Waals surface area contributed by atoms with E-state index in [0.717, 1.165) is 33.3 Å². The summed E-state index contributed by atoms with van der Waals surface area (Å²) in [6.07, 6.45) is 0.674. The molecule has 0 atom stereocenters. The van der Waals surface area contributed by atoms with Crippen LogP contribution in [0.5, 0.6) is 5.75 Å². The number of fused-ring (bicyclic) bond motifs is 1. The van der Waals surface area contributed by atoms with Crippen LogP contribution < -0.4 is 4.18 Å². The summed E-state index contributed by atoms with van der Waals surface area (Å²) in [5.41, 5.74) is 0.823. The molecule has 0 heterocycles. The molecule has 23 heavy (non-hydrogen) atoms. The van der Waals surface area contributed by atoms with E-state index in [1.54, 1.807) is 6.07 Å². The normalized spacial score (nSPS) is 10.7. The molecular weight excluding hydrogens is 310 g/mol. The molecule has 0 N–H and O–H groups in total. The Morgan fingerprint density at radius 2 is 1.78 bits per heavy atom. The van der Waals surface area contributed by atoms with Gasteiger partial charge in [-0.05, 0) is 23.3 Å². The lowest BCUT2D eigenvalue weighted by Crippen LogP contribution is -1.96. The van der Waals surface area contributed by atoms with E-state index in [4.69, 9.17) is 4.18 Å². The summed E-state index contributed by atoms with van der Waals surface area (Å²) in [4.78, 5) is 11.8. The number of aryl methyl sites for hydroxylation is 1. The number of hydrogen-bond donors (Lipinski definition) is 0. The minimum Gasteiger partial charge on any atom is -0.413 e. The maximum atomic E-state index is 11.2. The molecule has 0 fully saturated rings. The van der Waals surface area contributed by atoms with Gasteiger partial charge >= 0.3 is 5.69 Å². The van der Waals surface area contributed by atoms with Gasteiger partial charge in [-0.25, -0.2) is 0 Å². The van der Waals surface area contributed by atoms with Crippen molar-refractivity contribution in [3.8, 4) is 5.75 Å². The predicted octanol–water partition coefficient (Wildman–Crippen LogP) is 5.40. The largest absolute Gasteiger partial charge is 0.413 e.